The number of carbonyl (C=O) groups excluding carboxylic acids is 1. The Kier molecular flexibility index (Phi) is 4.94. The van der Waals surface area contributed by atoms with E-state index in [1.165, 1.54) is 30.1 Å². The molecule has 0 fully saturated rings. The molecule has 2 aromatic heterocycles. The van der Waals surface area contributed by atoms with Crippen molar-refractivity contribution >= 4 is 29.1 Å². The molecule has 8 nitrogen and oxygen atoms in total. The maximum absolute atomic E-state index is 12.7. The standard InChI is InChI=1S/C12H12FN5O3S/c1-8-10(18(20)21)7-17(16-8)5-4-12(19)15-14-6-9-2-3-11(13)22-9/h2-3,6-7H,4-5H2,1H3,(H,15,19)/b14-6+. The summed E-state index contributed by atoms with van der Waals surface area (Å²) in [6.45, 7) is 1.73. The fourth-order valence-electron chi connectivity index (χ4n) is 1.64. The molecular weight excluding hydrogens is 313 g/mol. The molecule has 1 N–H and O–H groups in total. The van der Waals surface area contributed by atoms with Gasteiger partial charge in [-0.2, -0.15) is 14.6 Å². The van der Waals surface area contributed by atoms with Crippen LogP contribution in [0.2, 0.25) is 0 Å². The highest BCUT2D eigenvalue weighted by Crippen LogP contribution is 2.15. The lowest BCUT2D eigenvalue weighted by Gasteiger charge is -1.99. The van der Waals surface area contributed by atoms with Gasteiger partial charge in [0.2, 0.25) is 5.91 Å². The molecular formula is C12H12FN5O3S. The SMILES string of the molecule is Cc1nn(CCC(=O)N/N=C/c2ccc(F)s2)cc1[N+](=O)[O-]. The molecule has 2 aromatic rings. The van der Waals surface area contributed by atoms with Gasteiger partial charge in [-0.3, -0.25) is 19.6 Å². The van der Waals surface area contributed by atoms with Gasteiger partial charge in [-0.1, -0.05) is 0 Å². The van der Waals surface area contributed by atoms with Crippen molar-refractivity contribution in [1.82, 2.24) is 15.2 Å². The summed E-state index contributed by atoms with van der Waals surface area (Å²) in [7, 11) is 0. The zero-order chi connectivity index (χ0) is 16.1. The predicted octanol–water partition coefficient (Wildman–Crippen LogP) is 1.84. The molecule has 22 heavy (non-hydrogen) atoms. The second-order valence-corrected chi connectivity index (χ2v) is 5.37. The number of hydrogen-bond donors (Lipinski definition) is 1. The van der Waals surface area contributed by atoms with E-state index in [0.29, 0.717) is 10.6 Å². The number of aryl methyl sites for hydroxylation is 2. The fourth-order valence-corrected chi connectivity index (χ4v) is 2.24. The molecule has 0 aliphatic heterocycles. The highest BCUT2D eigenvalue weighted by atomic mass is 32.1. The van der Waals surface area contributed by atoms with Gasteiger partial charge < -0.3 is 0 Å². The molecule has 2 rings (SSSR count). The summed E-state index contributed by atoms with van der Waals surface area (Å²) < 4.78 is 14.1. The number of nitrogens with one attached hydrogen (secondary N) is 1. The first kappa shape index (κ1) is 15.8. The first-order valence-corrected chi connectivity index (χ1v) is 7.03. The summed E-state index contributed by atoms with van der Waals surface area (Å²) in [6, 6.07) is 2.85. The molecule has 2 heterocycles. The van der Waals surface area contributed by atoms with Crippen molar-refractivity contribution in [2.45, 2.75) is 19.9 Å². The summed E-state index contributed by atoms with van der Waals surface area (Å²) in [5, 5.41) is 18.0. The first-order chi connectivity index (χ1) is 10.5. The number of halogens is 1. The Morgan fingerprint density at radius 2 is 2.41 bits per heavy atom. The highest BCUT2D eigenvalue weighted by Gasteiger charge is 2.15. The van der Waals surface area contributed by atoms with E-state index in [2.05, 4.69) is 15.6 Å². The van der Waals surface area contributed by atoms with E-state index in [9.17, 15) is 19.3 Å². The molecule has 0 aliphatic carbocycles. The predicted molar refractivity (Wildman–Crippen MR) is 78.2 cm³/mol. The van der Waals surface area contributed by atoms with Crippen LogP contribution in [0.3, 0.4) is 0 Å². The van der Waals surface area contributed by atoms with Gasteiger partial charge in [-0.15, -0.1) is 11.3 Å². The van der Waals surface area contributed by atoms with Gasteiger partial charge in [0.25, 0.3) is 0 Å². The molecule has 0 bridgehead atoms. The van der Waals surface area contributed by atoms with Crippen molar-refractivity contribution in [2.75, 3.05) is 0 Å². The molecule has 0 atom stereocenters. The normalized spacial score (nSPS) is 11.0. The lowest BCUT2D eigenvalue weighted by molar-refractivity contribution is -0.385. The number of hydrazone groups is 1. The Morgan fingerprint density at radius 1 is 1.64 bits per heavy atom. The summed E-state index contributed by atoms with van der Waals surface area (Å²) in [5.74, 6) is -0.371. The zero-order valence-corrected chi connectivity index (χ0v) is 12.3. The smallest absolute Gasteiger partial charge is 0.273 e. The fraction of sp³-hybridized carbons (Fsp3) is 0.250. The third-order valence-electron chi connectivity index (χ3n) is 2.66. The molecule has 0 spiro atoms. The summed E-state index contributed by atoms with van der Waals surface area (Å²) in [6.07, 6.45) is 2.68. The van der Waals surface area contributed by atoms with Gasteiger partial charge in [-0.05, 0) is 19.1 Å². The van der Waals surface area contributed by atoms with E-state index in [1.807, 2.05) is 0 Å². The Morgan fingerprint density at radius 3 is 3.00 bits per heavy atom. The van der Waals surface area contributed by atoms with Crippen LogP contribution in [0.15, 0.2) is 23.4 Å². The third kappa shape index (κ3) is 4.19. The molecule has 1 amide bonds. The third-order valence-corrected chi connectivity index (χ3v) is 3.47. The molecule has 0 aliphatic rings. The van der Waals surface area contributed by atoms with Crippen LogP contribution in [0.25, 0.3) is 0 Å². The van der Waals surface area contributed by atoms with Crippen LogP contribution in [0, 0.1) is 22.2 Å². The topological polar surface area (TPSA) is 102 Å². The molecule has 10 heteroatoms. The average molecular weight is 325 g/mol. The van der Waals surface area contributed by atoms with Crippen LogP contribution in [0.1, 0.15) is 17.0 Å². The lowest BCUT2D eigenvalue weighted by atomic mass is 10.4. The van der Waals surface area contributed by atoms with Gasteiger partial charge in [0.1, 0.15) is 11.9 Å². The van der Waals surface area contributed by atoms with Crippen molar-refractivity contribution in [2.24, 2.45) is 5.10 Å². The van der Waals surface area contributed by atoms with Crippen LogP contribution in [-0.4, -0.2) is 26.8 Å². The van der Waals surface area contributed by atoms with E-state index >= 15 is 0 Å². The van der Waals surface area contributed by atoms with Crippen molar-refractivity contribution in [3.63, 3.8) is 0 Å². The number of nitrogens with zero attached hydrogens (tertiary/aromatic N) is 4. The maximum atomic E-state index is 12.7. The molecule has 0 unspecified atom stereocenters. The number of carbonyl (C=O) groups is 1. The summed E-state index contributed by atoms with van der Waals surface area (Å²) >= 11 is 0.911. The quantitative estimate of drug-likeness (QED) is 0.497. The number of hydrogen-bond acceptors (Lipinski definition) is 6. The number of rotatable bonds is 6. The molecule has 0 radical (unpaired) electrons. The number of nitro groups is 1. The minimum Gasteiger partial charge on any atom is -0.273 e. The lowest BCUT2D eigenvalue weighted by Crippen LogP contribution is -2.19. The summed E-state index contributed by atoms with van der Waals surface area (Å²) in [5.41, 5.74) is 2.50. The minimum absolute atomic E-state index is 0.0639. The Bertz CT molecular complexity index is 724. The van der Waals surface area contributed by atoms with E-state index in [0.717, 1.165) is 11.3 Å². The van der Waals surface area contributed by atoms with Crippen LogP contribution in [-0.2, 0) is 11.3 Å². The second kappa shape index (κ2) is 6.89. The molecule has 116 valence electrons. The molecule has 0 saturated heterocycles. The second-order valence-electron chi connectivity index (χ2n) is 4.30. The molecule has 0 aromatic carbocycles. The number of amides is 1. The van der Waals surface area contributed by atoms with Crippen LogP contribution >= 0.6 is 11.3 Å². The van der Waals surface area contributed by atoms with Gasteiger partial charge >= 0.3 is 5.69 Å². The Balaban J connectivity index is 1.81. The van der Waals surface area contributed by atoms with E-state index in [1.54, 1.807) is 6.07 Å². The van der Waals surface area contributed by atoms with E-state index in [4.69, 9.17) is 0 Å². The maximum Gasteiger partial charge on any atom is 0.309 e. The average Bonchev–Trinajstić information content (AvgIpc) is 3.02. The van der Waals surface area contributed by atoms with Crippen molar-refractivity contribution in [3.8, 4) is 0 Å². The zero-order valence-electron chi connectivity index (χ0n) is 11.5. The van der Waals surface area contributed by atoms with E-state index in [-0.39, 0.29) is 29.7 Å². The van der Waals surface area contributed by atoms with Gasteiger partial charge in [-0.25, -0.2) is 5.43 Å². The van der Waals surface area contributed by atoms with Gasteiger partial charge in [0, 0.05) is 6.42 Å². The highest BCUT2D eigenvalue weighted by molar-refractivity contribution is 7.12. The number of aromatic nitrogens is 2. The van der Waals surface area contributed by atoms with Crippen LogP contribution in [0.5, 0.6) is 0 Å². The van der Waals surface area contributed by atoms with E-state index < -0.39 is 4.92 Å². The summed E-state index contributed by atoms with van der Waals surface area (Å²) in [4.78, 5) is 22.3. The molecule has 0 saturated carbocycles. The van der Waals surface area contributed by atoms with Crippen molar-refractivity contribution in [1.29, 1.82) is 0 Å². The minimum atomic E-state index is -0.524. The van der Waals surface area contributed by atoms with Crippen LogP contribution in [0.4, 0.5) is 10.1 Å². The Hall–Kier alpha value is -2.62. The van der Waals surface area contributed by atoms with Gasteiger partial charge in [0.05, 0.1) is 22.6 Å². The first-order valence-electron chi connectivity index (χ1n) is 6.21. The van der Waals surface area contributed by atoms with Gasteiger partial charge in [0.15, 0.2) is 5.13 Å². The Labute approximate surface area is 128 Å². The van der Waals surface area contributed by atoms with Crippen LogP contribution < -0.4 is 5.43 Å². The van der Waals surface area contributed by atoms with Crippen molar-refractivity contribution in [3.05, 3.63) is 44.1 Å². The van der Waals surface area contributed by atoms with Crippen molar-refractivity contribution < 1.29 is 14.1 Å². The largest absolute Gasteiger partial charge is 0.309 e. The number of thiophene rings is 1. The monoisotopic (exact) mass is 325 g/mol.